The molecule has 0 aromatic heterocycles. The van der Waals surface area contributed by atoms with Gasteiger partial charge in [0, 0.05) is 31.9 Å². The van der Waals surface area contributed by atoms with Crippen LogP contribution < -0.4 is 10.1 Å². The van der Waals surface area contributed by atoms with E-state index >= 15 is 0 Å². The number of halogens is 1. The summed E-state index contributed by atoms with van der Waals surface area (Å²) in [5.41, 5.74) is 4.14. The highest BCUT2D eigenvalue weighted by Gasteiger charge is 2.28. The summed E-state index contributed by atoms with van der Waals surface area (Å²) >= 11 is 0. The summed E-state index contributed by atoms with van der Waals surface area (Å²) in [4.78, 5) is 29.1. The van der Waals surface area contributed by atoms with Gasteiger partial charge in [-0.15, -0.1) is 0 Å². The Bertz CT molecular complexity index is 915. The maximum Gasteiger partial charge on any atom is 0.260 e. The van der Waals surface area contributed by atoms with Crippen LogP contribution in [0.15, 0.2) is 36.4 Å². The van der Waals surface area contributed by atoms with E-state index in [9.17, 15) is 14.0 Å². The Kier molecular flexibility index (Phi) is 7.28. The van der Waals surface area contributed by atoms with E-state index in [-0.39, 0.29) is 30.3 Å². The highest BCUT2D eigenvalue weighted by atomic mass is 19.1. The van der Waals surface area contributed by atoms with Crippen LogP contribution in [0.3, 0.4) is 0 Å². The second-order valence-corrected chi connectivity index (χ2v) is 8.10. The molecular formula is C24H30FN3O3. The molecule has 2 amide bonds. The van der Waals surface area contributed by atoms with Gasteiger partial charge in [-0.25, -0.2) is 4.39 Å². The summed E-state index contributed by atoms with van der Waals surface area (Å²) in [5, 5.41) is 3.07. The molecule has 0 bridgehead atoms. The Morgan fingerprint density at radius 3 is 2.19 bits per heavy atom. The van der Waals surface area contributed by atoms with E-state index in [0.717, 1.165) is 16.8 Å². The monoisotopic (exact) mass is 427 g/mol. The zero-order chi connectivity index (χ0) is 22.5. The number of nitrogens with zero attached hydrogens (tertiary/aromatic N) is 2. The molecule has 2 aromatic carbocycles. The quantitative estimate of drug-likeness (QED) is 0.769. The fourth-order valence-electron chi connectivity index (χ4n) is 3.90. The van der Waals surface area contributed by atoms with E-state index in [2.05, 4.69) is 22.3 Å². The molecule has 1 atom stereocenters. The number of carbonyl (C=O) groups excluding carboxylic acids is 2. The van der Waals surface area contributed by atoms with Crippen LogP contribution in [0.5, 0.6) is 5.75 Å². The topological polar surface area (TPSA) is 61.9 Å². The fourth-order valence-corrected chi connectivity index (χ4v) is 3.90. The summed E-state index contributed by atoms with van der Waals surface area (Å²) in [6, 6.07) is 9.41. The third-order valence-electron chi connectivity index (χ3n) is 5.70. The molecule has 0 saturated carbocycles. The minimum Gasteiger partial charge on any atom is -0.484 e. The second-order valence-electron chi connectivity index (χ2n) is 8.10. The molecule has 1 unspecified atom stereocenters. The molecule has 1 aliphatic rings. The number of ether oxygens (including phenoxy) is 1. The minimum atomic E-state index is -0.347. The van der Waals surface area contributed by atoms with Crippen LogP contribution in [-0.2, 0) is 9.59 Å². The van der Waals surface area contributed by atoms with E-state index < -0.39 is 0 Å². The molecule has 0 radical (unpaired) electrons. The van der Waals surface area contributed by atoms with Crippen molar-refractivity contribution in [1.29, 1.82) is 0 Å². The van der Waals surface area contributed by atoms with Crippen LogP contribution in [0.4, 0.5) is 10.1 Å². The number of rotatable bonds is 6. The van der Waals surface area contributed by atoms with Crippen LogP contribution in [-0.4, -0.2) is 60.4 Å². The number of hydrogen-bond donors (Lipinski definition) is 1. The normalized spacial score (nSPS) is 15.5. The zero-order valence-electron chi connectivity index (χ0n) is 18.6. The Hall–Kier alpha value is -2.93. The molecule has 0 aliphatic carbocycles. The summed E-state index contributed by atoms with van der Waals surface area (Å²) in [5.74, 6) is -0.0533. The largest absolute Gasteiger partial charge is 0.484 e. The van der Waals surface area contributed by atoms with Gasteiger partial charge in [0.1, 0.15) is 11.6 Å². The van der Waals surface area contributed by atoms with Gasteiger partial charge < -0.3 is 15.0 Å². The molecule has 1 N–H and O–H groups in total. The molecule has 2 aromatic rings. The Morgan fingerprint density at radius 2 is 1.61 bits per heavy atom. The van der Waals surface area contributed by atoms with Crippen molar-refractivity contribution in [3.63, 3.8) is 0 Å². The summed E-state index contributed by atoms with van der Waals surface area (Å²) in [7, 11) is 0. The Labute approximate surface area is 183 Å². The van der Waals surface area contributed by atoms with Gasteiger partial charge in [-0.3, -0.25) is 14.5 Å². The van der Waals surface area contributed by atoms with Gasteiger partial charge in [0.2, 0.25) is 5.91 Å². The lowest BCUT2D eigenvalue weighted by Crippen LogP contribution is -2.54. The minimum absolute atomic E-state index is 0.0468. The van der Waals surface area contributed by atoms with E-state index in [0.29, 0.717) is 31.9 Å². The summed E-state index contributed by atoms with van der Waals surface area (Å²) in [6.45, 7) is 10.1. The van der Waals surface area contributed by atoms with Crippen molar-refractivity contribution in [3.05, 3.63) is 58.9 Å². The number of nitrogens with one attached hydrogen (secondary N) is 1. The zero-order valence-corrected chi connectivity index (χ0v) is 18.6. The molecule has 1 saturated heterocycles. The molecular weight excluding hydrogens is 397 g/mol. The van der Waals surface area contributed by atoms with Crippen LogP contribution in [0.25, 0.3) is 0 Å². The standard InChI is InChI=1S/C24H30FN3O3/c1-16-13-17(2)23(18(3)14-16)26-24(30)19(4)27-9-11-28(12-10-27)22(29)15-31-21-7-5-20(25)6-8-21/h5-8,13-14,19H,9-12,15H2,1-4H3,(H,26,30). The smallest absolute Gasteiger partial charge is 0.260 e. The first-order valence-electron chi connectivity index (χ1n) is 10.5. The van der Waals surface area contributed by atoms with E-state index in [1.165, 1.54) is 29.8 Å². The average molecular weight is 428 g/mol. The lowest BCUT2D eigenvalue weighted by atomic mass is 10.0. The average Bonchev–Trinajstić information content (AvgIpc) is 2.75. The van der Waals surface area contributed by atoms with Crippen LogP contribution in [0.1, 0.15) is 23.6 Å². The van der Waals surface area contributed by atoms with Crippen molar-refractivity contribution in [2.45, 2.75) is 33.7 Å². The highest BCUT2D eigenvalue weighted by Crippen LogP contribution is 2.22. The first kappa shape index (κ1) is 22.7. The third kappa shape index (κ3) is 5.82. The summed E-state index contributed by atoms with van der Waals surface area (Å²) < 4.78 is 18.4. The van der Waals surface area contributed by atoms with Gasteiger partial charge in [0.25, 0.3) is 5.91 Å². The maximum absolute atomic E-state index is 12.9. The molecule has 3 rings (SSSR count). The predicted molar refractivity (Wildman–Crippen MR) is 119 cm³/mol. The van der Waals surface area contributed by atoms with Gasteiger partial charge in [0.15, 0.2) is 6.61 Å². The molecule has 1 aliphatic heterocycles. The number of benzene rings is 2. The van der Waals surface area contributed by atoms with Gasteiger partial charge in [-0.1, -0.05) is 17.7 Å². The van der Waals surface area contributed by atoms with Crippen molar-refractivity contribution in [1.82, 2.24) is 9.80 Å². The SMILES string of the molecule is Cc1cc(C)c(NC(=O)C(C)N2CCN(C(=O)COc3ccc(F)cc3)CC2)c(C)c1. The lowest BCUT2D eigenvalue weighted by Gasteiger charge is -2.37. The van der Waals surface area contributed by atoms with Gasteiger partial charge >= 0.3 is 0 Å². The Balaban J connectivity index is 1.48. The molecule has 0 spiro atoms. The fraction of sp³-hybridized carbons (Fsp3) is 0.417. The number of hydrogen-bond acceptors (Lipinski definition) is 4. The van der Waals surface area contributed by atoms with Gasteiger partial charge in [-0.2, -0.15) is 0 Å². The second kappa shape index (κ2) is 9.92. The van der Waals surface area contributed by atoms with Crippen molar-refractivity contribution < 1.29 is 18.7 Å². The first-order chi connectivity index (χ1) is 14.7. The van der Waals surface area contributed by atoms with Gasteiger partial charge in [-0.05, 0) is 63.1 Å². The van der Waals surface area contributed by atoms with Crippen LogP contribution in [0.2, 0.25) is 0 Å². The third-order valence-corrected chi connectivity index (χ3v) is 5.70. The Morgan fingerprint density at radius 1 is 1.03 bits per heavy atom. The summed E-state index contributed by atoms with van der Waals surface area (Å²) in [6.07, 6.45) is 0. The molecule has 6 nitrogen and oxygen atoms in total. The maximum atomic E-state index is 12.9. The van der Waals surface area contributed by atoms with Crippen molar-refractivity contribution >= 4 is 17.5 Å². The van der Waals surface area contributed by atoms with E-state index in [4.69, 9.17) is 4.74 Å². The number of piperazine rings is 1. The predicted octanol–water partition coefficient (Wildman–Crippen LogP) is 3.30. The van der Waals surface area contributed by atoms with E-state index in [1.54, 1.807) is 4.90 Å². The lowest BCUT2D eigenvalue weighted by molar-refractivity contribution is -0.135. The van der Waals surface area contributed by atoms with Crippen molar-refractivity contribution in [2.75, 3.05) is 38.1 Å². The number of carbonyl (C=O) groups is 2. The molecule has 7 heteroatoms. The van der Waals surface area contributed by atoms with Crippen molar-refractivity contribution in [2.24, 2.45) is 0 Å². The molecule has 1 fully saturated rings. The first-order valence-corrected chi connectivity index (χ1v) is 10.5. The highest BCUT2D eigenvalue weighted by molar-refractivity contribution is 5.96. The van der Waals surface area contributed by atoms with Crippen LogP contribution >= 0.6 is 0 Å². The number of anilines is 1. The van der Waals surface area contributed by atoms with Crippen LogP contribution in [0, 0.1) is 26.6 Å². The number of amides is 2. The van der Waals surface area contributed by atoms with Gasteiger partial charge in [0.05, 0.1) is 6.04 Å². The molecule has 31 heavy (non-hydrogen) atoms. The number of aryl methyl sites for hydroxylation is 3. The van der Waals surface area contributed by atoms with E-state index in [1.807, 2.05) is 27.7 Å². The molecule has 166 valence electrons. The van der Waals surface area contributed by atoms with Crippen molar-refractivity contribution in [3.8, 4) is 5.75 Å². The molecule has 1 heterocycles.